The largest absolute Gasteiger partial charge is 0.325 e. The maximum Gasteiger partial charge on any atom is 0.134 e. The Bertz CT molecular complexity index is 466. The average Bonchev–Trinajstić information content (AvgIpc) is 2.22. The third kappa shape index (κ3) is 2.31. The number of hydrogen-bond acceptors (Lipinski definition) is 3. The Kier molecular flexibility index (Phi) is 2.63. The maximum atomic E-state index is 4.36. The molecule has 0 aromatic carbocycles. The Hall–Kier alpha value is -1.90. The number of aryl methyl sites for hydroxylation is 2. The van der Waals surface area contributed by atoms with Gasteiger partial charge in [0, 0.05) is 11.9 Å². The van der Waals surface area contributed by atoms with Crippen molar-refractivity contribution in [3.63, 3.8) is 0 Å². The normalized spacial score (nSPS) is 10.0. The molecule has 2 aromatic heterocycles. The lowest BCUT2D eigenvalue weighted by Crippen LogP contribution is -1.98. The van der Waals surface area contributed by atoms with Crippen LogP contribution in [0.5, 0.6) is 0 Å². The zero-order valence-electron chi connectivity index (χ0n) is 8.86. The van der Waals surface area contributed by atoms with E-state index in [1.807, 2.05) is 44.2 Å². The molecule has 3 nitrogen and oxygen atoms in total. The quantitative estimate of drug-likeness (QED) is 0.808. The number of hydrogen-bond donors (Lipinski definition) is 1. The monoisotopic (exact) mass is 199 g/mol. The van der Waals surface area contributed by atoms with Gasteiger partial charge in [0.25, 0.3) is 0 Å². The molecule has 0 saturated carbocycles. The Balaban J connectivity index is 2.26. The second-order valence-electron chi connectivity index (χ2n) is 3.46. The third-order valence-electron chi connectivity index (χ3n) is 2.14. The number of pyridine rings is 2. The van der Waals surface area contributed by atoms with Crippen LogP contribution in [0.25, 0.3) is 0 Å². The first-order valence-corrected chi connectivity index (χ1v) is 4.88. The van der Waals surface area contributed by atoms with Crippen LogP contribution in [-0.2, 0) is 0 Å². The van der Waals surface area contributed by atoms with E-state index in [1.165, 1.54) is 0 Å². The number of rotatable bonds is 2. The number of nitrogens with zero attached hydrogens (tertiary/aromatic N) is 2. The lowest BCUT2D eigenvalue weighted by atomic mass is 10.3. The minimum Gasteiger partial charge on any atom is -0.325 e. The summed E-state index contributed by atoms with van der Waals surface area (Å²) in [7, 11) is 0. The zero-order chi connectivity index (χ0) is 10.7. The van der Waals surface area contributed by atoms with Crippen molar-refractivity contribution in [2.24, 2.45) is 0 Å². The predicted molar refractivity (Wildman–Crippen MR) is 61.2 cm³/mol. The van der Waals surface area contributed by atoms with Crippen LogP contribution >= 0.6 is 0 Å². The van der Waals surface area contributed by atoms with Gasteiger partial charge in [-0.2, -0.15) is 0 Å². The highest BCUT2D eigenvalue weighted by molar-refractivity contribution is 5.55. The summed E-state index contributed by atoms with van der Waals surface area (Å²) in [4.78, 5) is 8.61. The summed E-state index contributed by atoms with van der Waals surface area (Å²) in [6.07, 6.45) is 1.77. The first kappa shape index (κ1) is 9.65. The molecule has 0 fully saturated rings. The Morgan fingerprint density at radius 2 is 1.93 bits per heavy atom. The van der Waals surface area contributed by atoms with Gasteiger partial charge in [0.15, 0.2) is 0 Å². The van der Waals surface area contributed by atoms with Crippen molar-refractivity contribution in [1.29, 1.82) is 0 Å². The van der Waals surface area contributed by atoms with Gasteiger partial charge in [-0.05, 0) is 37.6 Å². The molecule has 0 amide bonds. The fourth-order valence-electron chi connectivity index (χ4n) is 1.35. The first-order chi connectivity index (χ1) is 7.25. The van der Waals surface area contributed by atoms with Gasteiger partial charge in [0.2, 0.25) is 0 Å². The molecule has 0 spiro atoms. The molecule has 0 aliphatic carbocycles. The van der Waals surface area contributed by atoms with Gasteiger partial charge in [-0.15, -0.1) is 0 Å². The standard InChI is InChI=1S/C12H13N3/c1-9-5-4-8-13-12(9)15-11-7-3-6-10(2)14-11/h3-8H,1-2H3,(H,13,14,15). The van der Waals surface area contributed by atoms with Crippen LogP contribution in [0.3, 0.4) is 0 Å². The number of anilines is 2. The van der Waals surface area contributed by atoms with Crippen LogP contribution < -0.4 is 5.32 Å². The highest BCUT2D eigenvalue weighted by atomic mass is 15.1. The lowest BCUT2D eigenvalue weighted by Gasteiger charge is -2.07. The second-order valence-corrected chi connectivity index (χ2v) is 3.46. The number of nitrogens with one attached hydrogen (secondary N) is 1. The molecule has 1 N–H and O–H groups in total. The first-order valence-electron chi connectivity index (χ1n) is 4.88. The average molecular weight is 199 g/mol. The molecule has 0 aliphatic rings. The summed E-state index contributed by atoms with van der Waals surface area (Å²) >= 11 is 0. The van der Waals surface area contributed by atoms with Crippen molar-refractivity contribution >= 4 is 11.6 Å². The van der Waals surface area contributed by atoms with Gasteiger partial charge in [0.1, 0.15) is 11.6 Å². The summed E-state index contributed by atoms with van der Waals surface area (Å²) in [5.74, 6) is 1.69. The molecule has 0 atom stereocenters. The molecule has 0 radical (unpaired) electrons. The predicted octanol–water partition coefficient (Wildman–Crippen LogP) is 2.84. The second kappa shape index (κ2) is 4.09. The molecule has 0 unspecified atom stereocenters. The molecule has 76 valence electrons. The summed E-state index contributed by atoms with van der Waals surface area (Å²) in [5, 5.41) is 3.19. The molecule has 0 saturated heterocycles. The van der Waals surface area contributed by atoms with Crippen LogP contribution in [0.1, 0.15) is 11.3 Å². The Morgan fingerprint density at radius 1 is 1.07 bits per heavy atom. The fourth-order valence-corrected chi connectivity index (χ4v) is 1.35. The molecular formula is C12H13N3. The molecule has 0 aliphatic heterocycles. The minimum atomic E-state index is 0.830. The van der Waals surface area contributed by atoms with E-state index in [-0.39, 0.29) is 0 Å². The smallest absolute Gasteiger partial charge is 0.134 e. The number of aromatic nitrogens is 2. The van der Waals surface area contributed by atoms with Crippen molar-refractivity contribution in [2.45, 2.75) is 13.8 Å². The Morgan fingerprint density at radius 3 is 2.67 bits per heavy atom. The van der Waals surface area contributed by atoms with Crippen LogP contribution in [0.4, 0.5) is 11.6 Å². The van der Waals surface area contributed by atoms with Gasteiger partial charge < -0.3 is 5.32 Å². The van der Waals surface area contributed by atoms with Gasteiger partial charge in [-0.1, -0.05) is 12.1 Å². The highest BCUT2D eigenvalue weighted by Crippen LogP contribution is 2.15. The van der Waals surface area contributed by atoms with Gasteiger partial charge in [-0.3, -0.25) is 0 Å². The Labute approximate surface area is 89.2 Å². The highest BCUT2D eigenvalue weighted by Gasteiger charge is 1.99. The van der Waals surface area contributed by atoms with Crippen molar-refractivity contribution in [3.8, 4) is 0 Å². The molecule has 2 rings (SSSR count). The summed E-state index contributed by atoms with van der Waals surface area (Å²) < 4.78 is 0. The van der Waals surface area contributed by atoms with Crippen LogP contribution in [0.2, 0.25) is 0 Å². The fraction of sp³-hybridized carbons (Fsp3) is 0.167. The summed E-state index contributed by atoms with van der Waals surface area (Å²) in [6, 6.07) is 9.82. The summed E-state index contributed by atoms with van der Waals surface area (Å²) in [6.45, 7) is 3.99. The molecular weight excluding hydrogens is 186 g/mol. The van der Waals surface area contributed by atoms with Crippen molar-refractivity contribution in [1.82, 2.24) is 9.97 Å². The van der Waals surface area contributed by atoms with Crippen LogP contribution in [0, 0.1) is 13.8 Å². The van der Waals surface area contributed by atoms with Crippen LogP contribution in [-0.4, -0.2) is 9.97 Å². The molecule has 2 heterocycles. The maximum absolute atomic E-state index is 4.36. The van der Waals surface area contributed by atoms with E-state index in [9.17, 15) is 0 Å². The van der Waals surface area contributed by atoms with E-state index < -0.39 is 0 Å². The third-order valence-corrected chi connectivity index (χ3v) is 2.14. The van der Waals surface area contributed by atoms with Crippen LogP contribution in [0.15, 0.2) is 36.5 Å². The molecule has 2 aromatic rings. The van der Waals surface area contributed by atoms with E-state index >= 15 is 0 Å². The van der Waals surface area contributed by atoms with Crippen molar-refractivity contribution in [2.75, 3.05) is 5.32 Å². The van der Waals surface area contributed by atoms with E-state index in [1.54, 1.807) is 6.20 Å². The lowest BCUT2D eigenvalue weighted by molar-refractivity contribution is 1.17. The minimum absolute atomic E-state index is 0.830. The SMILES string of the molecule is Cc1cccc(Nc2ncccc2C)n1. The summed E-state index contributed by atoms with van der Waals surface area (Å²) in [5.41, 5.74) is 2.11. The molecule has 0 bridgehead atoms. The van der Waals surface area contributed by atoms with E-state index in [0.717, 1.165) is 22.9 Å². The van der Waals surface area contributed by atoms with E-state index in [0.29, 0.717) is 0 Å². The molecule has 15 heavy (non-hydrogen) atoms. The molecule has 3 heteroatoms. The van der Waals surface area contributed by atoms with E-state index in [4.69, 9.17) is 0 Å². The zero-order valence-corrected chi connectivity index (χ0v) is 8.86. The van der Waals surface area contributed by atoms with Crippen molar-refractivity contribution < 1.29 is 0 Å². The van der Waals surface area contributed by atoms with Gasteiger partial charge in [-0.25, -0.2) is 9.97 Å². The van der Waals surface area contributed by atoms with Gasteiger partial charge >= 0.3 is 0 Å². The topological polar surface area (TPSA) is 37.8 Å². The van der Waals surface area contributed by atoms with E-state index in [2.05, 4.69) is 15.3 Å². The van der Waals surface area contributed by atoms with Gasteiger partial charge in [0.05, 0.1) is 0 Å². The van der Waals surface area contributed by atoms with Crippen molar-refractivity contribution in [3.05, 3.63) is 47.8 Å².